The van der Waals surface area contributed by atoms with Crippen LogP contribution in [0.3, 0.4) is 0 Å². The molecule has 0 radical (unpaired) electrons. The van der Waals surface area contributed by atoms with Crippen molar-refractivity contribution in [3.05, 3.63) is 42.0 Å². The summed E-state index contributed by atoms with van der Waals surface area (Å²) in [5.74, 6) is 0.561. The molecule has 0 aliphatic heterocycles. The lowest BCUT2D eigenvalue weighted by Gasteiger charge is -2.22. The Labute approximate surface area is 99.8 Å². The van der Waals surface area contributed by atoms with Gasteiger partial charge < -0.3 is 4.90 Å². The van der Waals surface area contributed by atoms with Crippen molar-refractivity contribution in [1.82, 2.24) is 4.90 Å². The fourth-order valence-electron chi connectivity index (χ4n) is 2.18. The Morgan fingerprint density at radius 1 is 1.38 bits per heavy atom. The topological polar surface area (TPSA) is 3.24 Å². The van der Waals surface area contributed by atoms with Gasteiger partial charge >= 0.3 is 0 Å². The van der Waals surface area contributed by atoms with Gasteiger partial charge in [0.2, 0.25) is 0 Å². The third-order valence-electron chi connectivity index (χ3n) is 2.94. The first kappa shape index (κ1) is 13.0. The molecule has 0 aliphatic rings. The van der Waals surface area contributed by atoms with Crippen LogP contribution in [0.2, 0.25) is 0 Å². The highest BCUT2D eigenvalue weighted by atomic mass is 15.1. The molecule has 1 atom stereocenters. The lowest BCUT2D eigenvalue weighted by molar-refractivity contribution is 0.317. The van der Waals surface area contributed by atoms with Gasteiger partial charge in [-0.05, 0) is 37.1 Å². The molecule has 1 rings (SSSR count). The van der Waals surface area contributed by atoms with Gasteiger partial charge in [0.05, 0.1) is 0 Å². The van der Waals surface area contributed by atoms with Crippen LogP contribution < -0.4 is 0 Å². The Morgan fingerprint density at radius 3 is 2.69 bits per heavy atom. The summed E-state index contributed by atoms with van der Waals surface area (Å²) < 4.78 is 0. The zero-order chi connectivity index (χ0) is 12.0. The number of likely N-dealkylation sites (N-methyl/N-ethyl adjacent to an activating group) is 1. The molecule has 0 aromatic heterocycles. The van der Waals surface area contributed by atoms with Crippen LogP contribution in [0.1, 0.15) is 37.3 Å². The van der Waals surface area contributed by atoms with Crippen molar-refractivity contribution < 1.29 is 0 Å². The molecule has 1 heteroatoms. The summed E-state index contributed by atoms with van der Waals surface area (Å²) in [7, 11) is 2.19. The van der Waals surface area contributed by atoms with Crippen molar-refractivity contribution in [2.75, 3.05) is 20.1 Å². The molecule has 1 aromatic rings. The number of hydrogen-bond acceptors (Lipinski definition) is 1. The van der Waals surface area contributed by atoms with Gasteiger partial charge in [0.15, 0.2) is 0 Å². The molecule has 0 N–H and O–H groups in total. The Hall–Kier alpha value is -1.08. The highest BCUT2D eigenvalue weighted by Gasteiger charge is 2.10. The van der Waals surface area contributed by atoms with Crippen LogP contribution in [-0.2, 0) is 0 Å². The van der Waals surface area contributed by atoms with E-state index >= 15 is 0 Å². The fraction of sp³-hybridized carbons (Fsp3) is 0.467. The zero-order valence-electron chi connectivity index (χ0n) is 10.7. The van der Waals surface area contributed by atoms with E-state index in [1.165, 1.54) is 24.1 Å². The van der Waals surface area contributed by atoms with E-state index in [9.17, 15) is 0 Å². The molecule has 16 heavy (non-hydrogen) atoms. The van der Waals surface area contributed by atoms with Crippen LogP contribution in [0.4, 0.5) is 0 Å². The maximum atomic E-state index is 3.88. The Balaban J connectivity index is 2.71. The number of rotatable bonds is 6. The lowest BCUT2D eigenvalue weighted by Crippen LogP contribution is -2.24. The third kappa shape index (κ3) is 3.49. The fourth-order valence-corrected chi connectivity index (χ4v) is 2.18. The quantitative estimate of drug-likeness (QED) is 0.701. The van der Waals surface area contributed by atoms with E-state index in [-0.39, 0.29) is 0 Å². The largest absolute Gasteiger partial charge is 0.306 e. The summed E-state index contributed by atoms with van der Waals surface area (Å²) in [4.78, 5) is 2.39. The minimum Gasteiger partial charge on any atom is -0.306 e. The molecule has 0 heterocycles. The summed E-state index contributed by atoms with van der Waals surface area (Å²) in [6.07, 6.45) is 3.16. The minimum absolute atomic E-state index is 0.561. The van der Waals surface area contributed by atoms with E-state index in [0.29, 0.717) is 5.92 Å². The van der Waals surface area contributed by atoms with Gasteiger partial charge in [-0.2, -0.15) is 0 Å². The van der Waals surface area contributed by atoms with Crippen molar-refractivity contribution in [3.8, 4) is 0 Å². The first-order valence-corrected chi connectivity index (χ1v) is 6.09. The summed E-state index contributed by atoms with van der Waals surface area (Å²) in [5, 5.41) is 0. The van der Waals surface area contributed by atoms with Crippen molar-refractivity contribution in [1.29, 1.82) is 0 Å². The molecule has 88 valence electrons. The maximum absolute atomic E-state index is 3.88. The molecule has 1 aromatic carbocycles. The van der Waals surface area contributed by atoms with Crippen molar-refractivity contribution in [3.63, 3.8) is 0 Å². The Morgan fingerprint density at radius 2 is 2.06 bits per heavy atom. The van der Waals surface area contributed by atoms with E-state index in [1.807, 2.05) is 6.08 Å². The second-order valence-electron chi connectivity index (χ2n) is 4.50. The number of benzene rings is 1. The normalized spacial score (nSPS) is 12.8. The number of nitrogens with zero attached hydrogens (tertiary/aromatic N) is 1. The molecule has 0 aliphatic carbocycles. The highest BCUT2D eigenvalue weighted by Crippen LogP contribution is 2.21. The summed E-state index contributed by atoms with van der Waals surface area (Å²) >= 11 is 0. The van der Waals surface area contributed by atoms with Gasteiger partial charge in [-0.25, -0.2) is 0 Å². The molecule has 1 unspecified atom stereocenters. The average molecular weight is 217 g/mol. The molecular formula is C15H23N. The van der Waals surface area contributed by atoms with Crippen LogP contribution in [0.25, 0.3) is 6.08 Å². The monoisotopic (exact) mass is 217 g/mol. The molecule has 0 saturated carbocycles. The summed E-state index contributed by atoms with van der Waals surface area (Å²) in [6.45, 7) is 10.7. The van der Waals surface area contributed by atoms with Gasteiger partial charge in [-0.15, -0.1) is 0 Å². The third-order valence-corrected chi connectivity index (χ3v) is 2.94. The first-order chi connectivity index (χ1) is 7.69. The van der Waals surface area contributed by atoms with E-state index in [4.69, 9.17) is 0 Å². The van der Waals surface area contributed by atoms with Gasteiger partial charge in [0.1, 0.15) is 0 Å². The van der Waals surface area contributed by atoms with Crippen LogP contribution in [-0.4, -0.2) is 25.0 Å². The molecular weight excluding hydrogens is 194 g/mol. The predicted octanol–water partition coefficient (Wildman–Crippen LogP) is 3.77. The van der Waals surface area contributed by atoms with Crippen LogP contribution in [0, 0.1) is 0 Å². The summed E-state index contributed by atoms with van der Waals surface area (Å²) in [5.41, 5.74) is 2.67. The van der Waals surface area contributed by atoms with Crippen LogP contribution in [0.15, 0.2) is 30.8 Å². The average Bonchev–Trinajstić information content (AvgIpc) is 2.29. The second kappa shape index (κ2) is 6.49. The van der Waals surface area contributed by atoms with Gasteiger partial charge in [0.25, 0.3) is 0 Å². The van der Waals surface area contributed by atoms with Gasteiger partial charge in [-0.1, -0.05) is 50.8 Å². The molecule has 1 nitrogen and oxygen atoms in total. The Bertz CT molecular complexity index is 330. The standard InChI is InChI=1S/C15H23N/c1-5-11-16(4)12-13(3)15-10-8-7-9-14(15)6-2/h6-10,13H,2,5,11-12H2,1,3-4H3. The van der Waals surface area contributed by atoms with Crippen molar-refractivity contribution >= 4 is 6.08 Å². The van der Waals surface area contributed by atoms with E-state index in [1.54, 1.807) is 0 Å². The highest BCUT2D eigenvalue weighted by molar-refractivity contribution is 5.52. The first-order valence-electron chi connectivity index (χ1n) is 6.09. The predicted molar refractivity (Wildman–Crippen MR) is 72.7 cm³/mol. The van der Waals surface area contributed by atoms with Gasteiger partial charge in [-0.3, -0.25) is 0 Å². The lowest BCUT2D eigenvalue weighted by atomic mass is 9.95. The minimum atomic E-state index is 0.561. The maximum Gasteiger partial charge on any atom is 0.00448 e. The second-order valence-corrected chi connectivity index (χ2v) is 4.50. The smallest absolute Gasteiger partial charge is 0.00448 e. The molecule has 0 spiro atoms. The van der Waals surface area contributed by atoms with Gasteiger partial charge in [0, 0.05) is 6.54 Å². The SMILES string of the molecule is C=Cc1ccccc1C(C)CN(C)CCC. The molecule has 0 bridgehead atoms. The molecule has 0 amide bonds. The van der Waals surface area contributed by atoms with Crippen LogP contribution in [0.5, 0.6) is 0 Å². The van der Waals surface area contributed by atoms with E-state index in [0.717, 1.165) is 6.54 Å². The van der Waals surface area contributed by atoms with Crippen molar-refractivity contribution in [2.24, 2.45) is 0 Å². The Kier molecular flexibility index (Phi) is 5.27. The molecule has 0 fully saturated rings. The van der Waals surface area contributed by atoms with E-state index < -0.39 is 0 Å². The molecule has 0 saturated heterocycles. The van der Waals surface area contributed by atoms with Crippen molar-refractivity contribution in [2.45, 2.75) is 26.2 Å². The number of hydrogen-bond donors (Lipinski definition) is 0. The van der Waals surface area contributed by atoms with Crippen LogP contribution >= 0.6 is 0 Å². The summed E-state index contributed by atoms with van der Waals surface area (Å²) in [6, 6.07) is 8.53. The van der Waals surface area contributed by atoms with E-state index in [2.05, 4.69) is 56.6 Å². The zero-order valence-corrected chi connectivity index (χ0v) is 10.7.